The summed E-state index contributed by atoms with van der Waals surface area (Å²) >= 11 is 0. The first-order valence-electron chi connectivity index (χ1n) is 5.70. The van der Waals surface area contributed by atoms with Crippen LogP contribution >= 0.6 is 0 Å². The summed E-state index contributed by atoms with van der Waals surface area (Å²) in [6.45, 7) is 1.90. The van der Waals surface area contributed by atoms with Gasteiger partial charge in [-0.25, -0.2) is 0 Å². The number of esters is 1. The zero-order valence-electron chi connectivity index (χ0n) is 9.00. The highest BCUT2D eigenvalue weighted by atomic mass is 16.5. The second kappa shape index (κ2) is 6.02. The molecule has 0 aromatic heterocycles. The van der Waals surface area contributed by atoms with Crippen molar-refractivity contribution in [2.45, 2.75) is 64.0 Å². The smallest absolute Gasteiger partial charge is 0.323 e. The molecule has 1 rings (SSSR count). The van der Waals surface area contributed by atoms with Gasteiger partial charge in [-0.1, -0.05) is 19.8 Å². The number of ether oxygens (including phenoxy) is 1. The Morgan fingerprint density at radius 2 is 1.93 bits per heavy atom. The first kappa shape index (κ1) is 11.5. The van der Waals surface area contributed by atoms with Gasteiger partial charge in [-0.05, 0) is 32.1 Å². The van der Waals surface area contributed by atoms with Crippen molar-refractivity contribution in [1.82, 2.24) is 0 Å². The Bertz CT molecular complexity index is 174. The standard InChI is InChI=1S/C11H21NO2/c1-2-10(12)11(13)14-9-7-5-3-4-6-8-9/h9-10H,2-8,12H2,1H3/t10-/m0/s1. The van der Waals surface area contributed by atoms with Gasteiger partial charge in [0.15, 0.2) is 0 Å². The van der Waals surface area contributed by atoms with Crippen LogP contribution in [0.1, 0.15) is 51.9 Å². The first-order chi connectivity index (χ1) is 6.74. The van der Waals surface area contributed by atoms with E-state index < -0.39 is 6.04 Å². The Labute approximate surface area is 86.0 Å². The van der Waals surface area contributed by atoms with E-state index in [1.54, 1.807) is 0 Å². The van der Waals surface area contributed by atoms with E-state index in [2.05, 4.69) is 0 Å². The molecule has 2 N–H and O–H groups in total. The van der Waals surface area contributed by atoms with Crippen LogP contribution in [-0.2, 0) is 9.53 Å². The van der Waals surface area contributed by atoms with Gasteiger partial charge in [0.1, 0.15) is 12.1 Å². The van der Waals surface area contributed by atoms with Crippen molar-refractivity contribution in [3.63, 3.8) is 0 Å². The van der Waals surface area contributed by atoms with Crippen molar-refractivity contribution in [1.29, 1.82) is 0 Å². The molecule has 14 heavy (non-hydrogen) atoms. The molecule has 1 saturated carbocycles. The molecule has 0 amide bonds. The summed E-state index contributed by atoms with van der Waals surface area (Å²) in [6, 6.07) is -0.432. The van der Waals surface area contributed by atoms with Crippen LogP contribution in [0.4, 0.5) is 0 Å². The van der Waals surface area contributed by atoms with E-state index >= 15 is 0 Å². The van der Waals surface area contributed by atoms with Crippen molar-refractivity contribution >= 4 is 5.97 Å². The lowest BCUT2D eigenvalue weighted by Crippen LogP contribution is -2.34. The lowest BCUT2D eigenvalue weighted by molar-refractivity contribution is -0.151. The largest absolute Gasteiger partial charge is 0.461 e. The predicted octanol–water partition coefficient (Wildman–Crippen LogP) is 1.99. The van der Waals surface area contributed by atoms with Gasteiger partial charge in [0.25, 0.3) is 0 Å². The Hall–Kier alpha value is -0.570. The van der Waals surface area contributed by atoms with E-state index in [4.69, 9.17) is 10.5 Å². The zero-order chi connectivity index (χ0) is 10.4. The van der Waals surface area contributed by atoms with E-state index in [-0.39, 0.29) is 12.1 Å². The predicted molar refractivity (Wildman–Crippen MR) is 55.8 cm³/mol. The maximum absolute atomic E-state index is 11.4. The van der Waals surface area contributed by atoms with Gasteiger partial charge in [-0.2, -0.15) is 0 Å². The number of hydrogen-bond donors (Lipinski definition) is 1. The summed E-state index contributed by atoms with van der Waals surface area (Å²) < 4.78 is 5.36. The van der Waals surface area contributed by atoms with Gasteiger partial charge in [0.05, 0.1) is 0 Å². The molecule has 1 fully saturated rings. The second-order valence-electron chi connectivity index (χ2n) is 4.07. The molecule has 3 nitrogen and oxygen atoms in total. The van der Waals surface area contributed by atoms with Gasteiger partial charge < -0.3 is 10.5 Å². The average molecular weight is 199 g/mol. The lowest BCUT2D eigenvalue weighted by Gasteiger charge is -2.17. The van der Waals surface area contributed by atoms with Crippen molar-refractivity contribution in [3.05, 3.63) is 0 Å². The molecular formula is C11H21NO2. The van der Waals surface area contributed by atoms with Crippen molar-refractivity contribution < 1.29 is 9.53 Å². The molecular weight excluding hydrogens is 178 g/mol. The molecule has 0 aromatic rings. The average Bonchev–Trinajstić information content (AvgIpc) is 2.45. The van der Waals surface area contributed by atoms with Gasteiger partial charge in [0.2, 0.25) is 0 Å². The Balaban J connectivity index is 2.30. The summed E-state index contributed by atoms with van der Waals surface area (Å²) in [5, 5.41) is 0. The van der Waals surface area contributed by atoms with Crippen molar-refractivity contribution in [3.8, 4) is 0 Å². The molecule has 0 heterocycles. The van der Waals surface area contributed by atoms with Crippen LogP contribution in [0.25, 0.3) is 0 Å². The number of carbonyl (C=O) groups excluding carboxylic acids is 1. The molecule has 0 unspecified atom stereocenters. The van der Waals surface area contributed by atoms with Gasteiger partial charge in [0, 0.05) is 0 Å². The van der Waals surface area contributed by atoms with Crippen LogP contribution in [0, 0.1) is 0 Å². The number of carbonyl (C=O) groups is 1. The third-order valence-electron chi connectivity index (χ3n) is 2.83. The van der Waals surface area contributed by atoms with Gasteiger partial charge in [-0.15, -0.1) is 0 Å². The Kier molecular flexibility index (Phi) is 4.94. The van der Waals surface area contributed by atoms with Crippen molar-refractivity contribution in [2.75, 3.05) is 0 Å². The topological polar surface area (TPSA) is 52.3 Å². The van der Waals surface area contributed by atoms with Crippen LogP contribution < -0.4 is 5.73 Å². The monoisotopic (exact) mass is 199 g/mol. The molecule has 0 aromatic carbocycles. The van der Waals surface area contributed by atoms with Crippen LogP contribution in [0.2, 0.25) is 0 Å². The Morgan fingerprint density at radius 1 is 1.36 bits per heavy atom. The maximum Gasteiger partial charge on any atom is 0.323 e. The minimum atomic E-state index is -0.432. The van der Waals surface area contributed by atoms with Crippen LogP contribution in [0.5, 0.6) is 0 Å². The molecule has 1 aliphatic carbocycles. The highest BCUT2D eigenvalue weighted by Gasteiger charge is 2.19. The summed E-state index contributed by atoms with van der Waals surface area (Å²) in [5.41, 5.74) is 5.60. The van der Waals surface area contributed by atoms with Crippen LogP contribution in [0.3, 0.4) is 0 Å². The van der Waals surface area contributed by atoms with E-state index in [1.807, 2.05) is 6.92 Å². The summed E-state index contributed by atoms with van der Waals surface area (Å²) in [6.07, 6.45) is 7.72. The highest BCUT2D eigenvalue weighted by molar-refractivity contribution is 5.75. The molecule has 0 radical (unpaired) electrons. The lowest BCUT2D eigenvalue weighted by atomic mass is 10.1. The minimum absolute atomic E-state index is 0.127. The fraction of sp³-hybridized carbons (Fsp3) is 0.909. The summed E-state index contributed by atoms with van der Waals surface area (Å²) in [7, 11) is 0. The normalized spacial score (nSPS) is 21.3. The van der Waals surface area contributed by atoms with Crippen molar-refractivity contribution in [2.24, 2.45) is 5.73 Å². The number of nitrogens with two attached hydrogens (primary N) is 1. The van der Waals surface area contributed by atoms with E-state index in [0.29, 0.717) is 6.42 Å². The molecule has 82 valence electrons. The summed E-state index contributed by atoms with van der Waals surface area (Å²) in [5.74, 6) is -0.223. The fourth-order valence-electron chi connectivity index (χ4n) is 1.78. The fourth-order valence-corrected chi connectivity index (χ4v) is 1.78. The van der Waals surface area contributed by atoms with Gasteiger partial charge >= 0.3 is 5.97 Å². The second-order valence-corrected chi connectivity index (χ2v) is 4.07. The molecule has 1 aliphatic rings. The zero-order valence-corrected chi connectivity index (χ0v) is 9.00. The SMILES string of the molecule is CC[C@H](N)C(=O)OC1CCCCCC1. The minimum Gasteiger partial charge on any atom is -0.461 e. The molecule has 0 bridgehead atoms. The first-order valence-corrected chi connectivity index (χ1v) is 5.70. The van der Waals surface area contributed by atoms with E-state index in [1.165, 1.54) is 25.7 Å². The molecule has 1 atom stereocenters. The van der Waals surface area contributed by atoms with E-state index in [0.717, 1.165) is 12.8 Å². The molecule has 3 heteroatoms. The number of hydrogen-bond acceptors (Lipinski definition) is 3. The van der Waals surface area contributed by atoms with Crippen LogP contribution in [-0.4, -0.2) is 18.1 Å². The summed E-state index contributed by atoms with van der Waals surface area (Å²) in [4.78, 5) is 11.4. The van der Waals surface area contributed by atoms with E-state index in [9.17, 15) is 4.79 Å². The maximum atomic E-state index is 11.4. The molecule has 0 saturated heterocycles. The third kappa shape index (κ3) is 3.66. The van der Waals surface area contributed by atoms with Gasteiger partial charge in [-0.3, -0.25) is 4.79 Å². The quantitative estimate of drug-likeness (QED) is 0.558. The highest BCUT2D eigenvalue weighted by Crippen LogP contribution is 2.20. The molecule has 0 spiro atoms. The number of rotatable bonds is 3. The molecule has 0 aliphatic heterocycles. The Morgan fingerprint density at radius 3 is 2.43 bits per heavy atom. The third-order valence-corrected chi connectivity index (χ3v) is 2.83. The van der Waals surface area contributed by atoms with Crippen LogP contribution in [0.15, 0.2) is 0 Å².